The normalized spacial score (nSPS) is 9.87. The molecule has 5 heteroatoms. The van der Waals surface area contributed by atoms with Crippen LogP contribution >= 0.6 is 0 Å². The van der Waals surface area contributed by atoms with Crippen LogP contribution in [-0.4, -0.2) is 9.97 Å². The van der Waals surface area contributed by atoms with E-state index in [0.717, 1.165) is 0 Å². The average Bonchev–Trinajstić information content (AvgIpc) is 2.22. The van der Waals surface area contributed by atoms with Gasteiger partial charge < -0.3 is 14.7 Å². The van der Waals surface area contributed by atoms with Crippen LogP contribution in [0.3, 0.4) is 0 Å². The molecule has 0 aliphatic heterocycles. The molecule has 0 atom stereocenters. The zero-order valence-corrected chi connectivity index (χ0v) is 7.69. The summed E-state index contributed by atoms with van der Waals surface area (Å²) in [5.41, 5.74) is -0.613. The maximum absolute atomic E-state index is 11.2. The number of ether oxygens (including phenoxy) is 1. The van der Waals surface area contributed by atoms with Crippen LogP contribution in [0.4, 0.5) is 0 Å². The van der Waals surface area contributed by atoms with E-state index in [1.807, 2.05) is 0 Å². The van der Waals surface area contributed by atoms with Crippen molar-refractivity contribution in [3.63, 3.8) is 0 Å². The molecule has 5 nitrogen and oxygen atoms in total. The van der Waals surface area contributed by atoms with E-state index in [4.69, 9.17) is 4.74 Å². The minimum absolute atomic E-state index is 0.156. The van der Waals surface area contributed by atoms with Crippen LogP contribution in [0.2, 0.25) is 0 Å². The van der Waals surface area contributed by atoms with E-state index in [0.29, 0.717) is 5.75 Å². The average molecular weight is 204 g/mol. The molecule has 76 valence electrons. The van der Waals surface area contributed by atoms with E-state index in [1.54, 1.807) is 12.1 Å². The monoisotopic (exact) mass is 204 g/mol. The van der Waals surface area contributed by atoms with Gasteiger partial charge in [-0.05, 0) is 18.2 Å². The zero-order valence-electron chi connectivity index (χ0n) is 7.69. The van der Waals surface area contributed by atoms with Gasteiger partial charge in [0.15, 0.2) is 5.75 Å². The van der Waals surface area contributed by atoms with Crippen LogP contribution in [0.1, 0.15) is 0 Å². The standard InChI is InChI=1S/C10H8N2O3/c13-9-6-7(3-5-11-9)15-8-2-1-4-12-10(8)14/h1-6H,(H,11,13)(H,12,14). The van der Waals surface area contributed by atoms with Crippen molar-refractivity contribution in [1.29, 1.82) is 0 Å². The Morgan fingerprint density at radius 3 is 2.67 bits per heavy atom. The predicted octanol–water partition coefficient (Wildman–Crippen LogP) is 0.855. The molecule has 0 unspecified atom stereocenters. The highest BCUT2D eigenvalue weighted by atomic mass is 16.5. The summed E-state index contributed by atoms with van der Waals surface area (Å²) in [4.78, 5) is 27.1. The number of rotatable bonds is 2. The Balaban J connectivity index is 2.34. The van der Waals surface area contributed by atoms with Crippen LogP contribution in [-0.2, 0) is 0 Å². The van der Waals surface area contributed by atoms with E-state index in [2.05, 4.69) is 9.97 Å². The van der Waals surface area contributed by atoms with Crippen LogP contribution in [0.15, 0.2) is 46.2 Å². The van der Waals surface area contributed by atoms with Gasteiger partial charge in [-0.25, -0.2) is 0 Å². The van der Waals surface area contributed by atoms with Gasteiger partial charge in [0, 0.05) is 18.5 Å². The van der Waals surface area contributed by atoms with Gasteiger partial charge in [-0.15, -0.1) is 0 Å². The number of aromatic amines is 2. The molecule has 0 aromatic carbocycles. The summed E-state index contributed by atoms with van der Waals surface area (Å²) in [7, 11) is 0. The molecular weight excluding hydrogens is 196 g/mol. The van der Waals surface area contributed by atoms with Gasteiger partial charge in [-0.3, -0.25) is 9.59 Å². The Bertz CT molecular complexity index is 571. The van der Waals surface area contributed by atoms with Crippen molar-refractivity contribution < 1.29 is 4.74 Å². The van der Waals surface area contributed by atoms with Gasteiger partial charge in [0.2, 0.25) is 0 Å². The second-order valence-electron chi connectivity index (χ2n) is 2.85. The number of hydrogen-bond acceptors (Lipinski definition) is 3. The van der Waals surface area contributed by atoms with Crippen molar-refractivity contribution >= 4 is 0 Å². The summed E-state index contributed by atoms with van der Waals surface area (Å²) >= 11 is 0. The maximum Gasteiger partial charge on any atom is 0.290 e. The zero-order chi connectivity index (χ0) is 10.7. The Morgan fingerprint density at radius 2 is 1.93 bits per heavy atom. The largest absolute Gasteiger partial charge is 0.451 e. The molecule has 0 saturated heterocycles. The molecule has 15 heavy (non-hydrogen) atoms. The SMILES string of the molecule is O=c1cc(Oc2ccc[nH]c2=O)cc[nH]1. The molecule has 0 saturated carbocycles. The topological polar surface area (TPSA) is 75.0 Å². The van der Waals surface area contributed by atoms with Gasteiger partial charge in [-0.1, -0.05) is 0 Å². The third-order valence-electron chi connectivity index (χ3n) is 1.76. The predicted molar refractivity (Wildman–Crippen MR) is 54.2 cm³/mol. The number of aromatic nitrogens is 2. The molecular formula is C10H8N2O3. The highest BCUT2D eigenvalue weighted by Crippen LogP contribution is 2.13. The van der Waals surface area contributed by atoms with E-state index in [1.165, 1.54) is 24.5 Å². The van der Waals surface area contributed by atoms with Gasteiger partial charge in [0.05, 0.1) is 0 Å². The van der Waals surface area contributed by atoms with Crippen molar-refractivity contribution in [2.75, 3.05) is 0 Å². The third kappa shape index (κ3) is 2.14. The first-order valence-corrected chi connectivity index (χ1v) is 4.30. The van der Waals surface area contributed by atoms with Crippen LogP contribution in [0.5, 0.6) is 11.5 Å². The highest BCUT2D eigenvalue weighted by Gasteiger charge is 2.00. The minimum atomic E-state index is -0.335. The van der Waals surface area contributed by atoms with Crippen molar-refractivity contribution in [3.05, 3.63) is 57.4 Å². The molecule has 0 spiro atoms. The van der Waals surface area contributed by atoms with Crippen molar-refractivity contribution in [1.82, 2.24) is 9.97 Å². The van der Waals surface area contributed by atoms with Crippen LogP contribution in [0.25, 0.3) is 0 Å². The maximum atomic E-state index is 11.2. The summed E-state index contributed by atoms with van der Waals surface area (Å²) in [6.07, 6.45) is 2.96. The Hall–Kier alpha value is -2.30. The van der Waals surface area contributed by atoms with E-state index >= 15 is 0 Å². The van der Waals surface area contributed by atoms with E-state index in [-0.39, 0.29) is 16.9 Å². The first-order valence-electron chi connectivity index (χ1n) is 4.30. The third-order valence-corrected chi connectivity index (χ3v) is 1.76. The highest BCUT2D eigenvalue weighted by molar-refractivity contribution is 5.26. The number of nitrogens with one attached hydrogen (secondary N) is 2. The lowest BCUT2D eigenvalue weighted by Gasteiger charge is -2.02. The molecule has 2 aromatic rings. The quantitative estimate of drug-likeness (QED) is 0.761. The minimum Gasteiger partial charge on any atom is -0.451 e. The number of H-pyrrole nitrogens is 2. The summed E-state index contributed by atoms with van der Waals surface area (Å²) < 4.78 is 5.23. The van der Waals surface area contributed by atoms with E-state index in [9.17, 15) is 9.59 Å². The molecule has 0 fully saturated rings. The lowest BCUT2D eigenvalue weighted by atomic mass is 10.4. The first kappa shape index (κ1) is 9.26. The molecule has 2 aromatic heterocycles. The van der Waals surface area contributed by atoms with Gasteiger partial charge in [0.25, 0.3) is 11.1 Å². The molecule has 0 radical (unpaired) electrons. The fourth-order valence-electron chi connectivity index (χ4n) is 1.10. The molecule has 0 aliphatic rings. The van der Waals surface area contributed by atoms with Crippen molar-refractivity contribution in [3.8, 4) is 11.5 Å². The van der Waals surface area contributed by atoms with E-state index < -0.39 is 0 Å². The number of hydrogen-bond donors (Lipinski definition) is 2. The fraction of sp³-hybridized carbons (Fsp3) is 0. The molecule has 0 bridgehead atoms. The number of pyridine rings is 2. The Kier molecular flexibility index (Phi) is 2.37. The summed E-state index contributed by atoms with van der Waals surface area (Å²) in [5, 5.41) is 0. The summed E-state index contributed by atoms with van der Waals surface area (Å²) in [6.45, 7) is 0. The summed E-state index contributed by atoms with van der Waals surface area (Å²) in [5.74, 6) is 0.485. The van der Waals surface area contributed by atoms with Crippen LogP contribution in [0, 0.1) is 0 Å². The lowest BCUT2D eigenvalue weighted by Crippen LogP contribution is -2.08. The van der Waals surface area contributed by atoms with Crippen molar-refractivity contribution in [2.24, 2.45) is 0 Å². The molecule has 2 heterocycles. The van der Waals surface area contributed by atoms with Crippen molar-refractivity contribution in [2.45, 2.75) is 0 Å². The first-order chi connectivity index (χ1) is 7.25. The Morgan fingerprint density at radius 1 is 1.07 bits per heavy atom. The molecule has 0 aliphatic carbocycles. The fourth-order valence-corrected chi connectivity index (χ4v) is 1.10. The lowest BCUT2D eigenvalue weighted by molar-refractivity contribution is 0.473. The van der Waals surface area contributed by atoms with Gasteiger partial charge in [-0.2, -0.15) is 0 Å². The van der Waals surface area contributed by atoms with Gasteiger partial charge in [0.1, 0.15) is 5.75 Å². The van der Waals surface area contributed by atoms with Crippen LogP contribution < -0.4 is 15.9 Å². The Labute approximate surface area is 84.4 Å². The van der Waals surface area contributed by atoms with Gasteiger partial charge >= 0.3 is 0 Å². The summed E-state index contributed by atoms with van der Waals surface area (Å²) in [6, 6.07) is 6.00. The smallest absolute Gasteiger partial charge is 0.290 e. The second kappa shape index (κ2) is 3.83. The molecule has 2 N–H and O–H groups in total. The molecule has 2 rings (SSSR count). The molecule has 0 amide bonds. The second-order valence-corrected chi connectivity index (χ2v) is 2.85.